The van der Waals surface area contributed by atoms with E-state index in [1.807, 2.05) is 18.2 Å². The van der Waals surface area contributed by atoms with E-state index in [2.05, 4.69) is 23.2 Å². The van der Waals surface area contributed by atoms with Crippen molar-refractivity contribution in [2.24, 2.45) is 0 Å². The lowest BCUT2D eigenvalue weighted by Crippen LogP contribution is -2.37. The summed E-state index contributed by atoms with van der Waals surface area (Å²) in [4.78, 5) is 14.9. The molecule has 1 atom stereocenters. The van der Waals surface area contributed by atoms with E-state index in [4.69, 9.17) is 4.74 Å². The SMILES string of the molecule is COc1ccc(S(=O)(=O)N(C)C)cc1NC(=O)CN1c2ccccc2CC1C. The van der Waals surface area contributed by atoms with Crippen LogP contribution in [0, 0.1) is 0 Å². The van der Waals surface area contributed by atoms with Crippen molar-refractivity contribution < 1.29 is 17.9 Å². The summed E-state index contributed by atoms with van der Waals surface area (Å²) in [5.74, 6) is 0.169. The molecule has 1 aliphatic rings. The molecule has 0 bridgehead atoms. The van der Waals surface area contributed by atoms with Crippen molar-refractivity contribution >= 4 is 27.3 Å². The normalized spacial score (nSPS) is 16.2. The summed E-state index contributed by atoms with van der Waals surface area (Å²) in [7, 11) is 0.785. The van der Waals surface area contributed by atoms with Gasteiger partial charge in [-0.15, -0.1) is 0 Å². The average Bonchev–Trinajstić information content (AvgIpc) is 2.97. The fourth-order valence-corrected chi connectivity index (χ4v) is 4.30. The van der Waals surface area contributed by atoms with Crippen molar-refractivity contribution in [2.75, 3.05) is 38.0 Å². The topological polar surface area (TPSA) is 79.0 Å². The maximum Gasteiger partial charge on any atom is 0.244 e. The summed E-state index contributed by atoms with van der Waals surface area (Å²) < 4.78 is 31.2. The van der Waals surface area contributed by atoms with Crippen LogP contribution >= 0.6 is 0 Å². The summed E-state index contributed by atoms with van der Waals surface area (Å²) in [6.07, 6.45) is 0.892. The molecule has 2 aromatic rings. The zero-order valence-electron chi connectivity index (χ0n) is 16.5. The van der Waals surface area contributed by atoms with E-state index >= 15 is 0 Å². The minimum absolute atomic E-state index is 0.0912. The zero-order valence-corrected chi connectivity index (χ0v) is 17.3. The number of hydrogen-bond acceptors (Lipinski definition) is 5. The first-order chi connectivity index (χ1) is 13.2. The van der Waals surface area contributed by atoms with Crippen molar-refractivity contribution in [3.05, 3.63) is 48.0 Å². The summed E-state index contributed by atoms with van der Waals surface area (Å²) in [6.45, 7) is 2.25. The quantitative estimate of drug-likeness (QED) is 0.801. The van der Waals surface area contributed by atoms with Crippen molar-refractivity contribution in [2.45, 2.75) is 24.3 Å². The van der Waals surface area contributed by atoms with Gasteiger partial charge in [0.2, 0.25) is 15.9 Å². The third-order valence-electron chi connectivity index (χ3n) is 4.89. The Morgan fingerprint density at radius 1 is 1.25 bits per heavy atom. The highest BCUT2D eigenvalue weighted by Crippen LogP contribution is 2.32. The molecule has 2 aromatic carbocycles. The lowest BCUT2D eigenvalue weighted by molar-refractivity contribution is -0.115. The molecule has 150 valence electrons. The summed E-state index contributed by atoms with van der Waals surface area (Å²) >= 11 is 0. The molecule has 0 saturated carbocycles. The Balaban J connectivity index is 1.82. The molecule has 1 heterocycles. The van der Waals surface area contributed by atoms with Crippen molar-refractivity contribution in [1.29, 1.82) is 0 Å². The van der Waals surface area contributed by atoms with Gasteiger partial charge in [-0.25, -0.2) is 12.7 Å². The number of nitrogens with one attached hydrogen (secondary N) is 1. The molecule has 0 aromatic heterocycles. The average molecular weight is 404 g/mol. The smallest absolute Gasteiger partial charge is 0.244 e. The van der Waals surface area contributed by atoms with Gasteiger partial charge in [0.25, 0.3) is 0 Å². The van der Waals surface area contributed by atoms with Gasteiger partial charge in [-0.05, 0) is 43.2 Å². The second-order valence-electron chi connectivity index (χ2n) is 7.01. The highest BCUT2D eigenvalue weighted by atomic mass is 32.2. The first-order valence-corrected chi connectivity index (χ1v) is 10.4. The van der Waals surface area contributed by atoms with Crippen LogP contribution in [-0.2, 0) is 21.2 Å². The van der Waals surface area contributed by atoms with Gasteiger partial charge in [-0.2, -0.15) is 0 Å². The van der Waals surface area contributed by atoms with E-state index in [1.54, 1.807) is 6.07 Å². The minimum atomic E-state index is -3.62. The van der Waals surface area contributed by atoms with E-state index in [0.717, 1.165) is 16.4 Å². The van der Waals surface area contributed by atoms with E-state index in [0.29, 0.717) is 11.4 Å². The number of sulfonamides is 1. The van der Waals surface area contributed by atoms with Crippen LogP contribution in [0.2, 0.25) is 0 Å². The van der Waals surface area contributed by atoms with Gasteiger partial charge in [0.1, 0.15) is 5.75 Å². The molecular formula is C20H25N3O4S. The number of benzene rings is 2. The van der Waals surface area contributed by atoms with Gasteiger partial charge >= 0.3 is 0 Å². The lowest BCUT2D eigenvalue weighted by Gasteiger charge is -2.24. The van der Waals surface area contributed by atoms with Crippen LogP contribution in [0.5, 0.6) is 5.75 Å². The lowest BCUT2D eigenvalue weighted by atomic mass is 10.1. The van der Waals surface area contributed by atoms with Crippen LogP contribution in [0.4, 0.5) is 11.4 Å². The largest absolute Gasteiger partial charge is 0.495 e. The Kier molecular flexibility index (Phi) is 5.62. The number of rotatable bonds is 6. The van der Waals surface area contributed by atoms with E-state index in [-0.39, 0.29) is 23.4 Å². The Hall–Kier alpha value is -2.58. The van der Waals surface area contributed by atoms with E-state index in [1.165, 1.54) is 38.9 Å². The first-order valence-electron chi connectivity index (χ1n) is 8.99. The molecule has 1 unspecified atom stereocenters. The van der Waals surface area contributed by atoms with Crippen LogP contribution in [0.25, 0.3) is 0 Å². The predicted molar refractivity (Wildman–Crippen MR) is 109 cm³/mol. The number of para-hydroxylation sites is 1. The number of carbonyl (C=O) groups is 1. The number of methoxy groups -OCH3 is 1. The minimum Gasteiger partial charge on any atom is -0.495 e. The number of ether oxygens (including phenoxy) is 1. The van der Waals surface area contributed by atoms with Gasteiger partial charge in [0, 0.05) is 25.8 Å². The molecule has 0 aliphatic carbocycles. The highest BCUT2D eigenvalue weighted by Gasteiger charge is 2.27. The fourth-order valence-electron chi connectivity index (χ4n) is 3.37. The predicted octanol–water partition coefficient (Wildman–Crippen LogP) is 2.34. The molecular weight excluding hydrogens is 378 g/mol. The molecule has 3 rings (SSSR count). The molecule has 0 spiro atoms. The standard InChI is InChI=1S/C20H25N3O4S/c1-14-11-15-7-5-6-8-18(15)23(14)13-20(24)21-17-12-16(9-10-19(17)27-4)28(25,26)22(2)3/h5-10,12,14H,11,13H2,1-4H3,(H,21,24). The molecule has 1 amide bonds. The van der Waals surface area contributed by atoms with Crippen LogP contribution in [-0.4, -0.2) is 52.4 Å². The van der Waals surface area contributed by atoms with Crippen LogP contribution in [0.15, 0.2) is 47.4 Å². The molecule has 8 heteroatoms. The Bertz CT molecular complexity index is 989. The maximum absolute atomic E-state index is 12.7. The van der Waals surface area contributed by atoms with Crippen molar-refractivity contribution in [3.8, 4) is 5.75 Å². The van der Waals surface area contributed by atoms with Gasteiger partial charge in [0.15, 0.2) is 0 Å². The van der Waals surface area contributed by atoms with Gasteiger partial charge < -0.3 is 15.0 Å². The molecule has 0 radical (unpaired) electrons. The molecule has 0 saturated heterocycles. The maximum atomic E-state index is 12.7. The monoisotopic (exact) mass is 403 g/mol. The zero-order chi connectivity index (χ0) is 20.5. The Labute approximate surface area is 166 Å². The molecule has 1 aliphatic heterocycles. The van der Waals surface area contributed by atoms with Gasteiger partial charge in [-0.3, -0.25) is 4.79 Å². The number of anilines is 2. The first kappa shape index (κ1) is 20.2. The number of carbonyl (C=O) groups excluding carboxylic acids is 1. The third kappa shape index (κ3) is 3.83. The summed E-state index contributed by atoms with van der Waals surface area (Å²) in [5.41, 5.74) is 2.61. The third-order valence-corrected chi connectivity index (χ3v) is 6.70. The van der Waals surface area contributed by atoms with Gasteiger partial charge in [0.05, 0.1) is 24.2 Å². The Morgan fingerprint density at radius 3 is 2.64 bits per heavy atom. The van der Waals surface area contributed by atoms with Crippen molar-refractivity contribution in [3.63, 3.8) is 0 Å². The number of amides is 1. The number of fused-ring (bicyclic) bond motifs is 1. The van der Waals surface area contributed by atoms with E-state index in [9.17, 15) is 13.2 Å². The molecule has 1 N–H and O–H groups in total. The second-order valence-corrected chi connectivity index (χ2v) is 9.16. The number of nitrogens with zero attached hydrogens (tertiary/aromatic N) is 2. The molecule has 0 fully saturated rings. The fraction of sp³-hybridized carbons (Fsp3) is 0.350. The summed E-state index contributed by atoms with van der Waals surface area (Å²) in [5, 5.41) is 2.80. The van der Waals surface area contributed by atoms with E-state index < -0.39 is 10.0 Å². The molecule has 28 heavy (non-hydrogen) atoms. The molecule has 7 nitrogen and oxygen atoms in total. The second kappa shape index (κ2) is 7.81. The van der Waals surface area contributed by atoms with Crippen LogP contribution < -0.4 is 15.0 Å². The van der Waals surface area contributed by atoms with Crippen LogP contribution in [0.3, 0.4) is 0 Å². The van der Waals surface area contributed by atoms with Crippen molar-refractivity contribution in [1.82, 2.24) is 4.31 Å². The van der Waals surface area contributed by atoms with Gasteiger partial charge in [-0.1, -0.05) is 18.2 Å². The highest BCUT2D eigenvalue weighted by molar-refractivity contribution is 7.89. The summed E-state index contributed by atoms with van der Waals surface area (Å²) in [6, 6.07) is 12.7. The number of hydrogen-bond donors (Lipinski definition) is 1. The Morgan fingerprint density at radius 2 is 1.96 bits per heavy atom. The van der Waals surface area contributed by atoms with Crippen LogP contribution in [0.1, 0.15) is 12.5 Å².